The van der Waals surface area contributed by atoms with Gasteiger partial charge in [-0.2, -0.15) is 5.10 Å². The van der Waals surface area contributed by atoms with E-state index in [0.717, 1.165) is 28.0 Å². The zero-order chi connectivity index (χ0) is 21.4. The van der Waals surface area contributed by atoms with Crippen molar-refractivity contribution in [3.05, 3.63) is 87.6 Å². The molecule has 0 bridgehead atoms. The van der Waals surface area contributed by atoms with Crippen molar-refractivity contribution in [2.45, 2.75) is 26.9 Å². The highest BCUT2D eigenvalue weighted by molar-refractivity contribution is 6.31. The quantitative estimate of drug-likeness (QED) is 0.485. The average molecular weight is 425 g/mol. The number of amides is 1. The first-order valence-electron chi connectivity index (χ1n) is 9.63. The minimum atomic E-state index is -0.328. The van der Waals surface area contributed by atoms with E-state index in [1.807, 2.05) is 42.8 Å². The lowest BCUT2D eigenvalue weighted by Crippen LogP contribution is -2.27. The molecule has 0 unspecified atom stereocenters. The average Bonchev–Trinajstić information content (AvgIpc) is 3.25. The molecule has 2 aromatic heterocycles. The van der Waals surface area contributed by atoms with Gasteiger partial charge in [-0.15, -0.1) is 0 Å². The molecule has 5 nitrogen and oxygen atoms in total. The summed E-state index contributed by atoms with van der Waals surface area (Å²) in [5, 5.41) is 6.02. The molecular weight excluding hydrogens is 403 g/mol. The SMILES string of the molecule is Cc1nn(Cc2ccccc2Cl)c(C)c1CN(C)C(=O)c1cc2cc(F)ccc2[nH]1. The van der Waals surface area contributed by atoms with Crippen LogP contribution in [0.3, 0.4) is 0 Å². The normalized spacial score (nSPS) is 11.2. The molecule has 7 heteroatoms. The number of hydrogen-bond acceptors (Lipinski definition) is 2. The molecule has 2 heterocycles. The lowest BCUT2D eigenvalue weighted by molar-refractivity contribution is 0.0780. The highest BCUT2D eigenvalue weighted by atomic mass is 35.5. The molecule has 0 atom stereocenters. The van der Waals surface area contributed by atoms with Crippen LogP contribution in [0.5, 0.6) is 0 Å². The molecule has 4 aromatic rings. The van der Waals surface area contributed by atoms with Crippen molar-refractivity contribution in [3.8, 4) is 0 Å². The predicted octanol–water partition coefficient (Wildman–Crippen LogP) is 5.09. The van der Waals surface area contributed by atoms with E-state index in [4.69, 9.17) is 11.6 Å². The minimum absolute atomic E-state index is 0.163. The van der Waals surface area contributed by atoms with Crippen LogP contribution in [0, 0.1) is 19.7 Å². The summed E-state index contributed by atoms with van der Waals surface area (Å²) in [6, 6.07) is 13.8. The Morgan fingerprint density at radius 1 is 1.20 bits per heavy atom. The van der Waals surface area contributed by atoms with E-state index in [9.17, 15) is 9.18 Å². The fourth-order valence-corrected chi connectivity index (χ4v) is 3.83. The molecule has 1 amide bonds. The van der Waals surface area contributed by atoms with Crippen LogP contribution in [0.15, 0.2) is 48.5 Å². The number of carbonyl (C=O) groups is 1. The summed E-state index contributed by atoms with van der Waals surface area (Å²) in [6.07, 6.45) is 0. The van der Waals surface area contributed by atoms with Crippen molar-refractivity contribution < 1.29 is 9.18 Å². The fraction of sp³-hybridized carbons (Fsp3) is 0.217. The predicted molar refractivity (Wildman–Crippen MR) is 116 cm³/mol. The third-order valence-corrected chi connectivity index (χ3v) is 5.73. The largest absolute Gasteiger partial charge is 0.351 e. The summed E-state index contributed by atoms with van der Waals surface area (Å²) in [7, 11) is 1.75. The fourth-order valence-electron chi connectivity index (χ4n) is 3.64. The Bertz CT molecular complexity index is 1240. The highest BCUT2D eigenvalue weighted by Gasteiger charge is 2.19. The molecule has 0 radical (unpaired) electrons. The van der Waals surface area contributed by atoms with Gasteiger partial charge in [0.2, 0.25) is 0 Å². The van der Waals surface area contributed by atoms with E-state index < -0.39 is 0 Å². The number of benzene rings is 2. The number of rotatable bonds is 5. The molecule has 0 saturated heterocycles. The van der Waals surface area contributed by atoms with E-state index >= 15 is 0 Å². The zero-order valence-corrected chi connectivity index (χ0v) is 17.8. The van der Waals surface area contributed by atoms with Gasteiger partial charge in [-0.05, 0) is 49.7 Å². The number of hydrogen-bond donors (Lipinski definition) is 1. The van der Waals surface area contributed by atoms with Gasteiger partial charge in [0.05, 0.1) is 12.2 Å². The van der Waals surface area contributed by atoms with Crippen molar-refractivity contribution in [1.82, 2.24) is 19.7 Å². The first-order chi connectivity index (χ1) is 14.3. The van der Waals surface area contributed by atoms with Gasteiger partial charge >= 0.3 is 0 Å². The number of nitrogens with zero attached hydrogens (tertiary/aromatic N) is 3. The number of aromatic nitrogens is 3. The zero-order valence-electron chi connectivity index (χ0n) is 17.0. The van der Waals surface area contributed by atoms with E-state index in [0.29, 0.717) is 29.2 Å². The Hall–Kier alpha value is -3.12. The third-order valence-electron chi connectivity index (χ3n) is 5.36. The van der Waals surface area contributed by atoms with E-state index in [1.165, 1.54) is 12.1 Å². The Balaban J connectivity index is 1.55. The van der Waals surface area contributed by atoms with Gasteiger partial charge in [-0.25, -0.2) is 4.39 Å². The molecule has 0 spiro atoms. The molecule has 30 heavy (non-hydrogen) atoms. The maximum absolute atomic E-state index is 13.4. The van der Waals surface area contributed by atoms with Gasteiger partial charge in [-0.3, -0.25) is 9.48 Å². The number of carbonyl (C=O) groups excluding carboxylic acids is 1. The van der Waals surface area contributed by atoms with Crippen LogP contribution in [-0.4, -0.2) is 32.6 Å². The molecular formula is C23H22ClFN4O. The molecule has 0 aliphatic carbocycles. The van der Waals surface area contributed by atoms with Crippen LogP contribution < -0.4 is 0 Å². The first kappa shape index (κ1) is 20.2. The van der Waals surface area contributed by atoms with Gasteiger partial charge in [0.25, 0.3) is 5.91 Å². The Labute approximate surface area is 179 Å². The number of nitrogens with one attached hydrogen (secondary N) is 1. The lowest BCUT2D eigenvalue weighted by atomic mass is 10.1. The van der Waals surface area contributed by atoms with Crippen molar-refractivity contribution in [3.63, 3.8) is 0 Å². The minimum Gasteiger partial charge on any atom is -0.351 e. The van der Waals surface area contributed by atoms with E-state index in [-0.39, 0.29) is 11.7 Å². The van der Waals surface area contributed by atoms with Gasteiger partial charge < -0.3 is 9.88 Å². The van der Waals surface area contributed by atoms with E-state index in [2.05, 4.69) is 10.1 Å². The standard InChI is InChI=1S/C23H22ClFN4O/c1-14-19(15(2)29(27-14)12-16-6-4-5-7-20(16)24)13-28(3)23(30)22-11-17-10-18(25)8-9-21(17)26-22/h4-11,26H,12-13H2,1-3H3. The van der Waals surface area contributed by atoms with Crippen molar-refractivity contribution in [2.24, 2.45) is 0 Å². The molecule has 4 rings (SSSR count). The monoisotopic (exact) mass is 424 g/mol. The van der Waals surface area contributed by atoms with Crippen molar-refractivity contribution in [1.29, 1.82) is 0 Å². The second-order valence-corrected chi connectivity index (χ2v) is 7.88. The smallest absolute Gasteiger partial charge is 0.270 e. The Morgan fingerprint density at radius 3 is 2.73 bits per heavy atom. The Morgan fingerprint density at radius 2 is 1.97 bits per heavy atom. The second-order valence-electron chi connectivity index (χ2n) is 7.47. The molecule has 1 N–H and O–H groups in total. The molecule has 154 valence electrons. The summed E-state index contributed by atoms with van der Waals surface area (Å²) in [5.41, 5.74) is 5.01. The molecule has 0 saturated carbocycles. The summed E-state index contributed by atoms with van der Waals surface area (Å²) in [4.78, 5) is 17.6. The van der Waals surface area contributed by atoms with Crippen molar-refractivity contribution in [2.75, 3.05) is 7.05 Å². The Kier molecular flexibility index (Phi) is 5.35. The third kappa shape index (κ3) is 3.83. The molecule has 0 aliphatic rings. The summed E-state index contributed by atoms with van der Waals surface area (Å²) in [6.45, 7) is 4.92. The second kappa shape index (κ2) is 7.95. The van der Waals surface area contributed by atoms with Gasteiger partial charge in [-0.1, -0.05) is 29.8 Å². The van der Waals surface area contributed by atoms with Crippen molar-refractivity contribution >= 4 is 28.4 Å². The van der Waals surface area contributed by atoms with Crippen LogP contribution in [0.25, 0.3) is 10.9 Å². The van der Waals surface area contributed by atoms with E-state index in [1.54, 1.807) is 24.1 Å². The number of H-pyrrole nitrogens is 1. The summed E-state index contributed by atoms with van der Waals surface area (Å²) >= 11 is 6.29. The molecule has 2 aromatic carbocycles. The van der Waals surface area contributed by atoms with Crippen LogP contribution in [0.2, 0.25) is 5.02 Å². The van der Waals surface area contributed by atoms with Gasteiger partial charge in [0.1, 0.15) is 11.5 Å². The maximum atomic E-state index is 13.4. The maximum Gasteiger partial charge on any atom is 0.270 e. The lowest BCUT2D eigenvalue weighted by Gasteiger charge is -2.17. The van der Waals surface area contributed by atoms with Crippen LogP contribution in [0.4, 0.5) is 4.39 Å². The summed E-state index contributed by atoms with van der Waals surface area (Å²) < 4.78 is 15.4. The topological polar surface area (TPSA) is 53.9 Å². The molecule has 0 aliphatic heterocycles. The number of aromatic amines is 1. The van der Waals surface area contributed by atoms with Gasteiger partial charge in [0.15, 0.2) is 0 Å². The summed E-state index contributed by atoms with van der Waals surface area (Å²) in [5.74, 6) is -0.490. The van der Waals surface area contributed by atoms with Gasteiger partial charge in [0, 0.05) is 40.8 Å². The van der Waals surface area contributed by atoms with Crippen LogP contribution in [-0.2, 0) is 13.1 Å². The number of fused-ring (bicyclic) bond motifs is 1. The first-order valence-corrected chi connectivity index (χ1v) is 10.0. The van der Waals surface area contributed by atoms with Crippen LogP contribution >= 0.6 is 11.6 Å². The van der Waals surface area contributed by atoms with Crippen LogP contribution in [0.1, 0.15) is 33.0 Å². The number of aryl methyl sites for hydroxylation is 1. The highest BCUT2D eigenvalue weighted by Crippen LogP contribution is 2.22. The molecule has 0 fully saturated rings. The number of halogens is 2.